The summed E-state index contributed by atoms with van der Waals surface area (Å²) in [5.74, 6) is -1.31. The maximum Gasteiger partial charge on any atom is 0.318 e. The number of aryl methyl sites for hydroxylation is 1. The molecule has 6 rings (SSSR count). The monoisotopic (exact) mass is 489 g/mol. The predicted octanol–water partition coefficient (Wildman–Crippen LogP) is 6.51. The lowest BCUT2D eigenvalue weighted by Gasteiger charge is -2.31. The molecule has 1 aliphatic heterocycles. The molecule has 178 valence electrons. The number of nitrogens with one attached hydrogen (secondary N) is 1. The molecule has 1 aliphatic carbocycles. The highest BCUT2D eigenvalue weighted by molar-refractivity contribution is 7.15. The van der Waals surface area contributed by atoms with E-state index in [9.17, 15) is 13.6 Å². The molecule has 2 aromatic carbocycles. The van der Waals surface area contributed by atoms with Crippen molar-refractivity contribution in [2.45, 2.75) is 44.8 Å². The second-order valence-corrected chi connectivity index (χ2v) is 10.3. The second kappa shape index (κ2) is 8.96. The van der Waals surface area contributed by atoms with Gasteiger partial charge in [-0.2, -0.15) is 0 Å². The molecule has 4 aromatic rings. The highest BCUT2D eigenvalue weighted by atomic mass is 32.1. The number of fused-ring (bicyclic) bond motifs is 5. The summed E-state index contributed by atoms with van der Waals surface area (Å²) in [4.78, 5) is 16.9. The molecule has 3 heterocycles. The van der Waals surface area contributed by atoms with Crippen LogP contribution >= 0.6 is 11.3 Å². The van der Waals surface area contributed by atoms with Gasteiger partial charge in [0.1, 0.15) is 22.7 Å². The van der Waals surface area contributed by atoms with Gasteiger partial charge in [-0.25, -0.2) is 13.6 Å². The Kier molecular flexibility index (Phi) is 5.65. The number of benzene rings is 2. The number of carbonyl (C=O) groups excluding carboxylic acids is 1. The Morgan fingerprint density at radius 2 is 1.74 bits per heavy atom. The first-order valence-corrected chi connectivity index (χ1v) is 12.8. The quantitative estimate of drug-likeness (QED) is 0.350. The molecule has 0 radical (unpaired) electrons. The molecule has 0 unspecified atom stereocenters. The summed E-state index contributed by atoms with van der Waals surface area (Å²) < 4.78 is 30.8. The molecule has 0 bridgehead atoms. The summed E-state index contributed by atoms with van der Waals surface area (Å²) >= 11 is 1.78. The molecule has 2 amide bonds. The molecule has 0 fully saturated rings. The van der Waals surface area contributed by atoms with E-state index in [4.69, 9.17) is 0 Å². The van der Waals surface area contributed by atoms with E-state index in [-0.39, 0.29) is 6.03 Å². The Hall–Kier alpha value is -3.45. The van der Waals surface area contributed by atoms with Crippen molar-refractivity contribution >= 4 is 17.4 Å². The van der Waals surface area contributed by atoms with Crippen LogP contribution in [0, 0.1) is 11.6 Å². The molecule has 7 heteroatoms. The van der Waals surface area contributed by atoms with Crippen LogP contribution in [0.1, 0.15) is 51.7 Å². The summed E-state index contributed by atoms with van der Waals surface area (Å²) in [6.07, 6.45) is 6.35. The highest BCUT2D eigenvalue weighted by Gasteiger charge is 2.36. The lowest BCUT2D eigenvalue weighted by atomic mass is 9.95. The van der Waals surface area contributed by atoms with E-state index in [1.165, 1.54) is 29.0 Å². The Labute approximate surface area is 206 Å². The lowest BCUT2D eigenvalue weighted by Crippen LogP contribution is -2.42. The predicted molar refractivity (Wildman–Crippen MR) is 133 cm³/mol. The van der Waals surface area contributed by atoms with E-state index in [1.54, 1.807) is 16.2 Å². The van der Waals surface area contributed by atoms with Crippen LogP contribution in [-0.4, -0.2) is 15.5 Å². The molecule has 35 heavy (non-hydrogen) atoms. The fraction of sp³-hybridized carbons (Fsp3) is 0.250. The number of hydrogen-bond acceptors (Lipinski definition) is 2. The molecule has 0 saturated carbocycles. The Bertz CT molecular complexity index is 1370. The third kappa shape index (κ3) is 4.04. The second-order valence-electron chi connectivity index (χ2n) is 9.18. The smallest absolute Gasteiger partial charge is 0.318 e. The Balaban J connectivity index is 1.47. The number of nitrogens with zero attached hydrogens (tertiary/aromatic N) is 2. The molecule has 0 saturated heterocycles. The minimum atomic E-state index is -0.654. The lowest BCUT2D eigenvalue weighted by molar-refractivity contribution is 0.179. The third-order valence-corrected chi connectivity index (χ3v) is 8.26. The number of thiophene rings is 1. The van der Waals surface area contributed by atoms with Crippen molar-refractivity contribution in [3.8, 4) is 5.00 Å². The number of aromatic nitrogens is 1. The van der Waals surface area contributed by atoms with Crippen molar-refractivity contribution in [2.24, 2.45) is 0 Å². The summed E-state index contributed by atoms with van der Waals surface area (Å²) in [6.45, 7) is 0.752. The molecule has 2 aromatic heterocycles. The minimum Gasteiger partial charge on any atom is -0.334 e. The molecule has 2 aliphatic rings. The van der Waals surface area contributed by atoms with Crippen LogP contribution in [0.3, 0.4) is 0 Å². The van der Waals surface area contributed by atoms with Crippen LogP contribution in [-0.2, 0) is 25.9 Å². The van der Waals surface area contributed by atoms with Crippen LogP contribution in [0.15, 0.2) is 66.9 Å². The van der Waals surface area contributed by atoms with Crippen LogP contribution < -0.4 is 5.32 Å². The standard InChI is InChI=1S/C28H25F2N3OS/c29-20-13-19(14-21(30)15-20)26-24-10-6-12-32(24)27-23(22-9-4-5-11-25(22)35-27)17-33(26)28(34)31-16-18-7-2-1-3-8-18/h1-3,6-8,10,12-15,26H,4-5,9,11,16-17H2,(H,31,34)/t26-/m1/s1. The number of amides is 2. The number of rotatable bonds is 3. The molecule has 4 nitrogen and oxygen atoms in total. The van der Waals surface area contributed by atoms with Crippen LogP contribution in [0.5, 0.6) is 0 Å². The minimum absolute atomic E-state index is 0.264. The fourth-order valence-electron chi connectivity index (χ4n) is 5.35. The van der Waals surface area contributed by atoms with E-state index in [0.29, 0.717) is 18.7 Å². The van der Waals surface area contributed by atoms with Crippen LogP contribution in [0.2, 0.25) is 0 Å². The van der Waals surface area contributed by atoms with Gasteiger partial charge in [-0.1, -0.05) is 30.3 Å². The number of hydrogen-bond donors (Lipinski definition) is 1. The normalized spacial score (nSPS) is 16.7. The largest absolute Gasteiger partial charge is 0.334 e. The van der Waals surface area contributed by atoms with Gasteiger partial charge in [-0.05, 0) is 66.6 Å². The SMILES string of the molecule is O=C(NCc1ccccc1)N1Cc2c(sc3c2CCCC3)-n2cccc2[C@H]1c1cc(F)cc(F)c1. The number of urea groups is 1. The van der Waals surface area contributed by atoms with Gasteiger partial charge >= 0.3 is 6.03 Å². The van der Waals surface area contributed by atoms with Crippen molar-refractivity contribution in [3.05, 3.63) is 111 Å². The van der Waals surface area contributed by atoms with Gasteiger partial charge in [-0.3, -0.25) is 0 Å². The Morgan fingerprint density at radius 1 is 0.971 bits per heavy atom. The fourth-order valence-corrected chi connectivity index (χ4v) is 6.75. The van der Waals surface area contributed by atoms with Crippen LogP contribution in [0.4, 0.5) is 13.6 Å². The summed E-state index contributed by atoms with van der Waals surface area (Å²) in [5.41, 5.74) is 4.71. The van der Waals surface area contributed by atoms with Crippen molar-refractivity contribution in [3.63, 3.8) is 0 Å². The summed E-state index contributed by atoms with van der Waals surface area (Å²) in [7, 11) is 0. The van der Waals surface area contributed by atoms with Gasteiger partial charge in [0.05, 0.1) is 12.2 Å². The maximum absolute atomic E-state index is 14.3. The summed E-state index contributed by atoms with van der Waals surface area (Å²) in [6, 6.07) is 16.2. The molecular formula is C28H25F2N3OS. The first-order chi connectivity index (χ1) is 17.1. The van der Waals surface area contributed by atoms with Gasteiger partial charge in [0.25, 0.3) is 0 Å². The number of carbonyl (C=O) groups is 1. The van der Waals surface area contributed by atoms with Crippen molar-refractivity contribution < 1.29 is 13.6 Å². The third-order valence-electron chi connectivity index (χ3n) is 6.93. The maximum atomic E-state index is 14.3. The van der Waals surface area contributed by atoms with Crippen molar-refractivity contribution in [2.75, 3.05) is 0 Å². The molecule has 0 spiro atoms. The van der Waals surface area contributed by atoms with Crippen molar-refractivity contribution in [1.82, 2.24) is 14.8 Å². The first kappa shape index (κ1) is 22.0. The average molecular weight is 490 g/mol. The van der Waals surface area contributed by atoms with Crippen molar-refractivity contribution in [1.29, 1.82) is 0 Å². The van der Waals surface area contributed by atoms with E-state index in [1.807, 2.05) is 48.7 Å². The number of halogens is 2. The van der Waals surface area contributed by atoms with E-state index < -0.39 is 17.7 Å². The molecular weight excluding hydrogens is 464 g/mol. The Morgan fingerprint density at radius 3 is 2.54 bits per heavy atom. The van der Waals surface area contributed by atoms with Gasteiger partial charge in [0.2, 0.25) is 0 Å². The molecule has 1 atom stereocenters. The zero-order chi connectivity index (χ0) is 23.9. The zero-order valence-corrected chi connectivity index (χ0v) is 20.0. The average Bonchev–Trinajstić information content (AvgIpc) is 3.44. The first-order valence-electron chi connectivity index (χ1n) is 11.9. The van der Waals surface area contributed by atoms with Crippen LogP contribution in [0.25, 0.3) is 5.00 Å². The van der Waals surface area contributed by atoms with Gasteiger partial charge < -0.3 is 14.8 Å². The summed E-state index contributed by atoms with van der Waals surface area (Å²) in [5, 5.41) is 4.15. The van der Waals surface area contributed by atoms with Gasteiger partial charge in [0.15, 0.2) is 0 Å². The van der Waals surface area contributed by atoms with Gasteiger partial charge in [0, 0.05) is 29.2 Å². The molecule has 1 N–H and O–H groups in total. The topological polar surface area (TPSA) is 37.3 Å². The van der Waals surface area contributed by atoms with E-state index in [2.05, 4.69) is 9.88 Å². The highest BCUT2D eigenvalue weighted by Crippen LogP contribution is 2.44. The van der Waals surface area contributed by atoms with E-state index in [0.717, 1.165) is 47.2 Å². The van der Waals surface area contributed by atoms with Gasteiger partial charge in [-0.15, -0.1) is 11.3 Å². The zero-order valence-electron chi connectivity index (χ0n) is 19.1. The van der Waals surface area contributed by atoms with E-state index >= 15 is 0 Å².